The van der Waals surface area contributed by atoms with Crippen LogP contribution in [0.1, 0.15) is 12.1 Å². The van der Waals surface area contributed by atoms with Gasteiger partial charge >= 0.3 is 6.03 Å². The number of rotatable bonds is 0. The van der Waals surface area contributed by atoms with Crippen LogP contribution in [-0.4, -0.2) is 17.6 Å². The van der Waals surface area contributed by atoms with Gasteiger partial charge in [0.05, 0.1) is 11.4 Å². The van der Waals surface area contributed by atoms with Gasteiger partial charge in [-0.2, -0.15) is 0 Å². The molecule has 2 rings (SSSR count). The van der Waals surface area contributed by atoms with Gasteiger partial charge in [0, 0.05) is 12.7 Å². The van der Waals surface area contributed by atoms with E-state index < -0.39 is 6.03 Å². The third kappa shape index (κ3) is 1.35. The minimum atomic E-state index is -0.394. The van der Waals surface area contributed by atoms with E-state index in [4.69, 9.17) is 5.73 Å². The maximum absolute atomic E-state index is 11.0. The lowest BCUT2D eigenvalue weighted by atomic mass is 10.1. The fourth-order valence-corrected chi connectivity index (χ4v) is 1.62. The highest BCUT2D eigenvalue weighted by Crippen LogP contribution is 2.23. The van der Waals surface area contributed by atoms with Crippen LogP contribution in [0.4, 0.5) is 10.5 Å². The first-order valence-corrected chi connectivity index (χ1v) is 4.30. The highest BCUT2D eigenvalue weighted by Gasteiger charge is 2.20. The van der Waals surface area contributed by atoms with Crippen LogP contribution >= 0.6 is 0 Å². The van der Waals surface area contributed by atoms with Gasteiger partial charge in [-0.3, -0.25) is 9.88 Å². The fourth-order valence-electron chi connectivity index (χ4n) is 1.62. The van der Waals surface area contributed by atoms with Crippen LogP contribution in [0.3, 0.4) is 0 Å². The van der Waals surface area contributed by atoms with Crippen LogP contribution < -0.4 is 10.6 Å². The molecule has 0 aliphatic carbocycles. The van der Waals surface area contributed by atoms with Crippen LogP contribution in [0.25, 0.3) is 0 Å². The quantitative estimate of drug-likeness (QED) is 0.640. The van der Waals surface area contributed by atoms with E-state index in [-0.39, 0.29) is 0 Å². The topological polar surface area (TPSA) is 59.2 Å². The molecule has 1 aliphatic heterocycles. The largest absolute Gasteiger partial charge is 0.351 e. The van der Waals surface area contributed by atoms with Crippen molar-refractivity contribution < 1.29 is 4.79 Å². The Hall–Kier alpha value is -1.58. The number of nitrogens with two attached hydrogens (primary N) is 1. The molecule has 0 aromatic carbocycles. The average Bonchev–Trinajstić information content (AvgIpc) is 2.17. The number of amides is 2. The van der Waals surface area contributed by atoms with Crippen molar-refractivity contribution in [3.8, 4) is 0 Å². The Morgan fingerprint density at radius 2 is 2.46 bits per heavy atom. The third-order valence-corrected chi connectivity index (χ3v) is 2.22. The van der Waals surface area contributed by atoms with Gasteiger partial charge in [0.2, 0.25) is 0 Å². The van der Waals surface area contributed by atoms with E-state index in [0.29, 0.717) is 6.54 Å². The van der Waals surface area contributed by atoms with Gasteiger partial charge in [0.25, 0.3) is 0 Å². The summed E-state index contributed by atoms with van der Waals surface area (Å²) in [4.78, 5) is 16.8. The maximum Gasteiger partial charge on any atom is 0.319 e. The average molecular weight is 177 g/mol. The van der Waals surface area contributed by atoms with Crippen LogP contribution in [-0.2, 0) is 6.42 Å². The number of hydrogen-bond donors (Lipinski definition) is 1. The Morgan fingerprint density at radius 1 is 1.62 bits per heavy atom. The zero-order valence-electron chi connectivity index (χ0n) is 7.23. The summed E-state index contributed by atoms with van der Waals surface area (Å²) in [6.07, 6.45) is 3.61. The first-order valence-electron chi connectivity index (χ1n) is 4.30. The molecule has 0 saturated carbocycles. The Labute approximate surface area is 76.4 Å². The molecular formula is C9H11N3O. The Kier molecular flexibility index (Phi) is 1.88. The molecule has 0 bridgehead atoms. The Bertz CT molecular complexity index is 337. The van der Waals surface area contributed by atoms with Crippen molar-refractivity contribution in [1.82, 2.24) is 4.98 Å². The molecule has 0 fully saturated rings. The predicted octanol–water partition coefficient (Wildman–Crippen LogP) is 0.913. The van der Waals surface area contributed by atoms with Crippen molar-refractivity contribution in [3.05, 3.63) is 24.0 Å². The molecule has 1 aliphatic rings. The van der Waals surface area contributed by atoms with Gasteiger partial charge in [-0.25, -0.2) is 4.79 Å². The number of nitrogens with zero attached hydrogens (tertiary/aromatic N) is 2. The van der Waals surface area contributed by atoms with Crippen molar-refractivity contribution in [2.75, 3.05) is 11.4 Å². The molecule has 68 valence electrons. The Morgan fingerprint density at radius 3 is 3.23 bits per heavy atom. The van der Waals surface area contributed by atoms with E-state index in [1.54, 1.807) is 11.1 Å². The summed E-state index contributed by atoms with van der Waals surface area (Å²) in [7, 11) is 0. The van der Waals surface area contributed by atoms with E-state index in [0.717, 1.165) is 24.2 Å². The number of aryl methyl sites for hydroxylation is 1. The second-order valence-electron chi connectivity index (χ2n) is 3.06. The van der Waals surface area contributed by atoms with Crippen molar-refractivity contribution >= 4 is 11.7 Å². The summed E-state index contributed by atoms with van der Waals surface area (Å²) in [5.74, 6) is 0. The highest BCUT2D eigenvalue weighted by atomic mass is 16.2. The summed E-state index contributed by atoms with van der Waals surface area (Å²) in [6.45, 7) is 0.702. The van der Waals surface area contributed by atoms with Gasteiger partial charge < -0.3 is 5.73 Å². The summed E-state index contributed by atoms with van der Waals surface area (Å²) in [5, 5.41) is 0. The van der Waals surface area contributed by atoms with E-state index in [1.165, 1.54) is 0 Å². The standard InChI is InChI=1S/C9H11N3O/c10-9(13)12-6-2-3-7-8(12)4-1-5-11-7/h1,4-5H,2-3,6H2,(H2,10,13). The maximum atomic E-state index is 11.0. The van der Waals surface area contributed by atoms with Gasteiger partial charge in [-0.1, -0.05) is 0 Å². The lowest BCUT2D eigenvalue weighted by Gasteiger charge is -2.26. The normalized spacial score (nSPS) is 15.2. The minimum Gasteiger partial charge on any atom is -0.351 e. The zero-order valence-corrected chi connectivity index (χ0v) is 7.23. The van der Waals surface area contributed by atoms with E-state index in [2.05, 4.69) is 4.98 Å². The fraction of sp³-hybridized carbons (Fsp3) is 0.333. The molecule has 2 heterocycles. The number of fused-ring (bicyclic) bond motifs is 1. The monoisotopic (exact) mass is 177 g/mol. The molecule has 2 amide bonds. The number of aromatic nitrogens is 1. The molecule has 0 spiro atoms. The molecule has 0 unspecified atom stereocenters. The van der Waals surface area contributed by atoms with Crippen molar-refractivity contribution in [3.63, 3.8) is 0 Å². The van der Waals surface area contributed by atoms with Gasteiger partial charge in [0.1, 0.15) is 0 Å². The van der Waals surface area contributed by atoms with Crippen molar-refractivity contribution in [2.24, 2.45) is 5.73 Å². The molecule has 4 heteroatoms. The summed E-state index contributed by atoms with van der Waals surface area (Å²) in [6, 6.07) is 3.31. The number of primary amides is 1. The minimum absolute atomic E-state index is 0.394. The number of carbonyl (C=O) groups excluding carboxylic acids is 1. The van der Waals surface area contributed by atoms with Crippen LogP contribution in [0, 0.1) is 0 Å². The lowest BCUT2D eigenvalue weighted by Crippen LogP contribution is -2.39. The van der Waals surface area contributed by atoms with E-state index >= 15 is 0 Å². The van der Waals surface area contributed by atoms with Gasteiger partial charge in [-0.05, 0) is 25.0 Å². The number of anilines is 1. The predicted molar refractivity (Wildman–Crippen MR) is 49.5 cm³/mol. The summed E-state index contributed by atoms with van der Waals surface area (Å²) >= 11 is 0. The molecule has 2 N–H and O–H groups in total. The molecule has 4 nitrogen and oxygen atoms in total. The number of pyridine rings is 1. The van der Waals surface area contributed by atoms with Gasteiger partial charge in [-0.15, -0.1) is 0 Å². The second-order valence-corrected chi connectivity index (χ2v) is 3.06. The number of urea groups is 1. The first kappa shape index (κ1) is 8.04. The lowest BCUT2D eigenvalue weighted by molar-refractivity contribution is 0.253. The summed E-state index contributed by atoms with van der Waals surface area (Å²) in [5.41, 5.74) is 7.07. The molecule has 1 aromatic rings. The number of carbonyl (C=O) groups is 1. The van der Waals surface area contributed by atoms with E-state index in [1.807, 2.05) is 12.1 Å². The van der Waals surface area contributed by atoms with Gasteiger partial charge in [0.15, 0.2) is 0 Å². The van der Waals surface area contributed by atoms with E-state index in [9.17, 15) is 4.79 Å². The molecule has 0 saturated heterocycles. The third-order valence-electron chi connectivity index (χ3n) is 2.22. The van der Waals surface area contributed by atoms with Crippen molar-refractivity contribution in [2.45, 2.75) is 12.8 Å². The molecule has 13 heavy (non-hydrogen) atoms. The first-order chi connectivity index (χ1) is 6.29. The SMILES string of the molecule is NC(=O)N1CCCc2ncccc21. The Balaban J connectivity index is 2.42. The number of hydrogen-bond acceptors (Lipinski definition) is 2. The molecular weight excluding hydrogens is 166 g/mol. The molecule has 0 atom stereocenters. The zero-order chi connectivity index (χ0) is 9.26. The molecule has 0 radical (unpaired) electrons. The second kappa shape index (κ2) is 3.05. The highest BCUT2D eigenvalue weighted by molar-refractivity contribution is 5.91. The molecule has 1 aromatic heterocycles. The van der Waals surface area contributed by atoms with Crippen molar-refractivity contribution in [1.29, 1.82) is 0 Å². The van der Waals surface area contributed by atoms with Crippen LogP contribution in [0.5, 0.6) is 0 Å². The smallest absolute Gasteiger partial charge is 0.319 e. The van der Waals surface area contributed by atoms with Crippen LogP contribution in [0.2, 0.25) is 0 Å². The van der Waals surface area contributed by atoms with Crippen LogP contribution in [0.15, 0.2) is 18.3 Å². The summed E-state index contributed by atoms with van der Waals surface area (Å²) < 4.78 is 0.